The zero-order valence-corrected chi connectivity index (χ0v) is 26.0. The standard InChI is InChI=1S/C34H29ClF3N3O3S/c1-21-27(35)14-9-15-28(21)41-32(44)33(2,3)45-25-18-16-24(17-19-25)39-31(43)29(40-30(42)22-10-5-4-6-11-22)20-23-12-7-8-13-26(23)34(36,37)38/h4-20H,1-3H3,(H,39,43)(H,40,42)(H,41,44). The van der Waals surface area contributed by atoms with Gasteiger partial charge in [0.15, 0.2) is 0 Å². The molecular weight excluding hydrogens is 623 g/mol. The molecule has 0 heterocycles. The molecule has 6 nitrogen and oxygen atoms in total. The molecule has 4 aromatic rings. The summed E-state index contributed by atoms with van der Waals surface area (Å²) in [5.41, 5.74) is 0.285. The maximum absolute atomic E-state index is 13.7. The van der Waals surface area contributed by atoms with E-state index in [4.69, 9.17) is 11.6 Å². The van der Waals surface area contributed by atoms with Crippen LogP contribution in [0.3, 0.4) is 0 Å². The highest BCUT2D eigenvalue weighted by Gasteiger charge is 2.33. The number of amides is 3. The minimum Gasteiger partial charge on any atom is -0.325 e. The molecule has 3 N–H and O–H groups in total. The monoisotopic (exact) mass is 651 g/mol. The van der Waals surface area contributed by atoms with Crippen molar-refractivity contribution in [3.05, 3.63) is 130 Å². The summed E-state index contributed by atoms with van der Waals surface area (Å²) < 4.78 is 40.1. The van der Waals surface area contributed by atoms with Gasteiger partial charge in [0.2, 0.25) is 5.91 Å². The molecule has 0 saturated carbocycles. The number of carbonyl (C=O) groups excluding carboxylic acids is 3. The Labute approximate surface area is 268 Å². The highest BCUT2D eigenvalue weighted by atomic mass is 35.5. The summed E-state index contributed by atoms with van der Waals surface area (Å²) in [6, 6.07) is 24.6. The van der Waals surface area contributed by atoms with Crippen LogP contribution >= 0.6 is 23.4 Å². The fourth-order valence-corrected chi connectivity index (χ4v) is 5.32. The minimum absolute atomic E-state index is 0.221. The third-order valence-electron chi connectivity index (χ3n) is 6.64. The lowest BCUT2D eigenvalue weighted by atomic mass is 10.1. The number of benzene rings is 4. The Bertz CT molecular complexity index is 1740. The Kier molecular flexibility index (Phi) is 10.4. The Morgan fingerprint density at radius 3 is 2.11 bits per heavy atom. The zero-order valence-electron chi connectivity index (χ0n) is 24.5. The van der Waals surface area contributed by atoms with Crippen molar-refractivity contribution >= 4 is 58.5 Å². The number of halogens is 4. The van der Waals surface area contributed by atoms with Gasteiger partial charge in [-0.05, 0) is 92.6 Å². The second-order valence-electron chi connectivity index (χ2n) is 10.4. The van der Waals surface area contributed by atoms with Gasteiger partial charge in [-0.25, -0.2) is 0 Å². The summed E-state index contributed by atoms with van der Waals surface area (Å²) in [4.78, 5) is 40.0. The highest BCUT2D eigenvalue weighted by Crippen LogP contribution is 2.35. The number of alkyl halides is 3. The van der Waals surface area contributed by atoms with Crippen LogP contribution in [-0.4, -0.2) is 22.5 Å². The minimum atomic E-state index is -4.68. The normalized spacial score (nSPS) is 11.9. The van der Waals surface area contributed by atoms with Crippen molar-refractivity contribution in [3.8, 4) is 0 Å². The van der Waals surface area contributed by atoms with Crippen molar-refractivity contribution in [2.45, 2.75) is 36.6 Å². The fourth-order valence-electron chi connectivity index (χ4n) is 4.14. The van der Waals surface area contributed by atoms with Crippen LogP contribution in [0.15, 0.2) is 108 Å². The predicted molar refractivity (Wildman–Crippen MR) is 173 cm³/mol. The number of hydrogen-bond donors (Lipinski definition) is 3. The van der Waals surface area contributed by atoms with Gasteiger partial charge in [0.1, 0.15) is 5.70 Å². The van der Waals surface area contributed by atoms with Crippen LogP contribution in [0.2, 0.25) is 5.02 Å². The first-order valence-electron chi connectivity index (χ1n) is 13.7. The molecule has 0 radical (unpaired) electrons. The van der Waals surface area contributed by atoms with Crippen LogP contribution in [0, 0.1) is 6.92 Å². The molecule has 0 saturated heterocycles. The molecule has 0 unspecified atom stereocenters. The van der Waals surface area contributed by atoms with Crippen LogP contribution in [0.5, 0.6) is 0 Å². The van der Waals surface area contributed by atoms with Gasteiger partial charge in [0, 0.05) is 26.9 Å². The van der Waals surface area contributed by atoms with E-state index in [2.05, 4.69) is 16.0 Å². The summed E-state index contributed by atoms with van der Waals surface area (Å²) in [7, 11) is 0. The van der Waals surface area contributed by atoms with E-state index in [0.29, 0.717) is 16.4 Å². The summed E-state index contributed by atoms with van der Waals surface area (Å²) >= 11 is 7.47. The van der Waals surface area contributed by atoms with Gasteiger partial charge in [-0.1, -0.05) is 54.1 Å². The molecule has 0 aromatic heterocycles. The van der Waals surface area contributed by atoms with Crippen molar-refractivity contribution in [2.75, 3.05) is 10.6 Å². The van der Waals surface area contributed by atoms with Crippen LogP contribution < -0.4 is 16.0 Å². The summed E-state index contributed by atoms with van der Waals surface area (Å²) in [6.07, 6.45) is -3.69. The summed E-state index contributed by atoms with van der Waals surface area (Å²) in [6.45, 7) is 5.36. The molecule has 4 aromatic carbocycles. The average molecular weight is 652 g/mol. The second-order valence-corrected chi connectivity index (χ2v) is 12.5. The molecule has 0 bridgehead atoms. The maximum Gasteiger partial charge on any atom is 0.416 e. The van der Waals surface area contributed by atoms with Gasteiger partial charge >= 0.3 is 6.18 Å². The molecule has 0 aliphatic rings. The first-order chi connectivity index (χ1) is 21.2. The molecule has 11 heteroatoms. The largest absolute Gasteiger partial charge is 0.416 e. The second kappa shape index (κ2) is 14.0. The Morgan fingerprint density at radius 1 is 0.800 bits per heavy atom. The lowest BCUT2D eigenvalue weighted by Gasteiger charge is -2.24. The van der Waals surface area contributed by atoms with E-state index >= 15 is 0 Å². The van der Waals surface area contributed by atoms with Gasteiger partial charge in [-0.15, -0.1) is 11.8 Å². The molecular formula is C34H29ClF3N3O3S. The molecule has 3 amide bonds. The van der Waals surface area contributed by atoms with Gasteiger partial charge in [-0.3, -0.25) is 14.4 Å². The number of anilines is 2. The lowest BCUT2D eigenvalue weighted by molar-refractivity contribution is -0.137. The molecule has 0 aliphatic carbocycles. The van der Waals surface area contributed by atoms with Gasteiger partial charge in [-0.2, -0.15) is 13.2 Å². The SMILES string of the molecule is Cc1c(Cl)cccc1NC(=O)C(C)(C)Sc1ccc(NC(=O)C(=Cc2ccccc2C(F)(F)F)NC(=O)c2ccccc2)cc1. The summed E-state index contributed by atoms with van der Waals surface area (Å²) in [5, 5.41) is 8.53. The van der Waals surface area contributed by atoms with E-state index in [0.717, 1.165) is 22.6 Å². The topological polar surface area (TPSA) is 87.3 Å². The smallest absolute Gasteiger partial charge is 0.325 e. The molecule has 0 atom stereocenters. The molecule has 4 rings (SSSR count). The van der Waals surface area contributed by atoms with Crippen LogP contribution in [-0.2, 0) is 15.8 Å². The van der Waals surface area contributed by atoms with E-state index in [1.807, 2.05) is 6.92 Å². The fraction of sp³-hybridized carbons (Fsp3) is 0.147. The number of hydrogen-bond acceptors (Lipinski definition) is 4. The average Bonchev–Trinajstić information content (AvgIpc) is 3.00. The number of thioether (sulfide) groups is 1. The van der Waals surface area contributed by atoms with Crippen molar-refractivity contribution in [1.29, 1.82) is 0 Å². The quantitative estimate of drug-likeness (QED) is 0.125. The Morgan fingerprint density at radius 2 is 1.44 bits per heavy atom. The molecule has 0 fully saturated rings. The van der Waals surface area contributed by atoms with E-state index in [9.17, 15) is 27.6 Å². The number of rotatable bonds is 9. The van der Waals surface area contributed by atoms with Crippen molar-refractivity contribution in [1.82, 2.24) is 5.32 Å². The number of nitrogens with one attached hydrogen (secondary N) is 3. The van der Waals surface area contributed by atoms with Gasteiger partial charge in [0.25, 0.3) is 11.8 Å². The first kappa shape index (κ1) is 33.4. The van der Waals surface area contributed by atoms with Gasteiger partial charge < -0.3 is 16.0 Å². The van der Waals surface area contributed by atoms with Crippen LogP contribution in [0.25, 0.3) is 6.08 Å². The van der Waals surface area contributed by atoms with Crippen LogP contribution in [0.4, 0.5) is 24.5 Å². The van der Waals surface area contributed by atoms with E-state index in [1.165, 1.54) is 42.1 Å². The molecule has 232 valence electrons. The van der Waals surface area contributed by atoms with Crippen molar-refractivity contribution in [2.24, 2.45) is 0 Å². The van der Waals surface area contributed by atoms with E-state index in [1.54, 1.807) is 74.5 Å². The Balaban J connectivity index is 1.52. The third kappa shape index (κ3) is 8.77. The van der Waals surface area contributed by atoms with Crippen molar-refractivity contribution < 1.29 is 27.6 Å². The van der Waals surface area contributed by atoms with Crippen molar-refractivity contribution in [3.63, 3.8) is 0 Å². The highest BCUT2D eigenvalue weighted by molar-refractivity contribution is 8.01. The van der Waals surface area contributed by atoms with E-state index in [-0.39, 0.29) is 22.7 Å². The molecule has 0 spiro atoms. The molecule has 0 aliphatic heterocycles. The summed E-state index contributed by atoms with van der Waals surface area (Å²) in [5.74, 6) is -1.73. The first-order valence-corrected chi connectivity index (χ1v) is 14.9. The lowest BCUT2D eigenvalue weighted by Crippen LogP contribution is -2.34. The Hall–Kier alpha value is -4.54. The van der Waals surface area contributed by atoms with Crippen LogP contribution in [0.1, 0.15) is 40.9 Å². The van der Waals surface area contributed by atoms with E-state index < -0.39 is 28.3 Å². The van der Waals surface area contributed by atoms with Gasteiger partial charge in [0.05, 0.1) is 10.3 Å². The maximum atomic E-state index is 13.7. The predicted octanol–water partition coefficient (Wildman–Crippen LogP) is 8.59. The number of carbonyl (C=O) groups is 3. The zero-order chi connectivity index (χ0) is 32.8. The third-order valence-corrected chi connectivity index (χ3v) is 8.26. The molecule has 45 heavy (non-hydrogen) atoms.